The first-order valence-electron chi connectivity index (χ1n) is 11.5. The Balaban J connectivity index is 1.45. The molecule has 0 unspecified atom stereocenters. The lowest BCUT2D eigenvalue weighted by Crippen LogP contribution is -2.33. The average molecular weight is 490 g/mol. The van der Waals surface area contributed by atoms with Crippen LogP contribution in [-0.2, 0) is 16.1 Å². The summed E-state index contributed by atoms with van der Waals surface area (Å²) in [7, 11) is 0. The van der Waals surface area contributed by atoms with Gasteiger partial charge < -0.3 is 10.1 Å². The third kappa shape index (κ3) is 5.49. The van der Waals surface area contributed by atoms with E-state index in [2.05, 4.69) is 34.6 Å². The maximum atomic E-state index is 13.0. The van der Waals surface area contributed by atoms with Crippen LogP contribution in [0.4, 0.5) is 0 Å². The van der Waals surface area contributed by atoms with Crippen molar-refractivity contribution < 1.29 is 14.3 Å². The molecule has 2 heterocycles. The van der Waals surface area contributed by atoms with Gasteiger partial charge in [0.15, 0.2) is 0 Å². The molecule has 0 bridgehead atoms. The molecule has 0 radical (unpaired) electrons. The molecular weight excluding hydrogens is 462 g/mol. The van der Waals surface area contributed by atoms with Gasteiger partial charge in [0, 0.05) is 12.5 Å². The van der Waals surface area contributed by atoms with Crippen LogP contribution in [0.5, 0.6) is 0 Å². The van der Waals surface area contributed by atoms with Gasteiger partial charge in [-0.3, -0.25) is 14.2 Å². The Morgan fingerprint density at radius 2 is 1.69 bits per heavy atom. The maximum Gasteiger partial charge on any atom is 0.348 e. The van der Waals surface area contributed by atoms with Crippen molar-refractivity contribution >= 4 is 33.4 Å². The molecular formula is C27H27N3O4S. The molecule has 180 valence electrons. The third-order valence-corrected chi connectivity index (χ3v) is 7.03. The normalized spacial score (nSPS) is 11.1. The third-order valence-electron chi connectivity index (χ3n) is 5.85. The molecule has 0 spiro atoms. The fourth-order valence-corrected chi connectivity index (χ4v) is 5.16. The zero-order valence-electron chi connectivity index (χ0n) is 19.7. The van der Waals surface area contributed by atoms with Crippen LogP contribution in [0.2, 0.25) is 0 Å². The van der Waals surface area contributed by atoms with E-state index in [0.717, 1.165) is 17.8 Å². The number of hydrogen-bond acceptors (Lipinski definition) is 6. The Bertz CT molecular complexity index is 1340. The SMILES string of the molecule is CCOC(=O)c1sc2ncn(CC(=O)NCCC(c3ccccc3)c3ccccc3)c(=O)c2c1C. The van der Waals surface area contributed by atoms with Crippen molar-refractivity contribution in [1.29, 1.82) is 0 Å². The predicted molar refractivity (Wildman–Crippen MR) is 137 cm³/mol. The van der Waals surface area contributed by atoms with Crippen LogP contribution in [0.3, 0.4) is 0 Å². The van der Waals surface area contributed by atoms with Gasteiger partial charge in [0.2, 0.25) is 5.91 Å². The molecule has 0 aliphatic heterocycles. The Morgan fingerprint density at radius 1 is 1.06 bits per heavy atom. The molecule has 1 amide bonds. The molecule has 7 nitrogen and oxygen atoms in total. The van der Waals surface area contributed by atoms with Gasteiger partial charge in [0.1, 0.15) is 16.3 Å². The molecule has 0 fully saturated rings. The number of amides is 1. The smallest absolute Gasteiger partial charge is 0.348 e. The van der Waals surface area contributed by atoms with Gasteiger partial charge in [-0.15, -0.1) is 11.3 Å². The second-order valence-corrected chi connectivity index (χ2v) is 9.15. The lowest BCUT2D eigenvalue weighted by atomic mass is 9.88. The molecule has 4 rings (SSSR count). The van der Waals surface area contributed by atoms with Crippen LogP contribution in [0.15, 0.2) is 71.8 Å². The van der Waals surface area contributed by atoms with Crippen LogP contribution in [0, 0.1) is 6.92 Å². The van der Waals surface area contributed by atoms with Crippen molar-refractivity contribution in [2.45, 2.75) is 32.7 Å². The Kier molecular flexibility index (Phi) is 7.72. The molecule has 1 N–H and O–H groups in total. The van der Waals surface area contributed by atoms with Gasteiger partial charge in [-0.05, 0) is 37.0 Å². The summed E-state index contributed by atoms with van der Waals surface area (Å²) >= 11 is 1.13. The molecule has 0 saturated heterocycles. The van der Waals surface area contributed by atoms with E-state index >= 15 is 0 Å². The molecule has 0 atom stereocenters. The molecule has 2 aromatic carbocycles. The summed E-state index contributed by atoms with van der Waals surface area (Å²) in [6.45, 7) is 3.99. The highest BCUT2D eigenvalue weighted by atomic mass is 32.1. The highest BCUT2D eigenvalue weighted by Gasteiger charge is 2.21. The van der Waals surface area contributed by atoms with Crippen molar-refractivity contribution in [3.8, 4) is 0 Å². The van der Waals surface area contributed by atoms with E-state index in [9.17, 15) is 14.4 Å². The van der Waals surface area contributed by atoms with Crippen LogP contribution in [-0.4, -0.2) is 34.6 Å². The number of nitrogens with one attached hydrogen (secondary N) is 1. The minimum Gasteiger partial charge on any atom is -0.462 e. The van der Waals surface area contributed by atoms with Crippen LogP contribution in [0.25, 0.3) is 10.2 Å². The number of carbonyl (C=O) groups excluding carboxylic acids is 2. The van der Waals surface area contributed by atoms with E-state index in [-0.39, 0.29) is 30.5 Å². The summed E-state index contributed by atoms with van der Waals surface area (Å²) < 4.78 is 6.35. The minimum atomic E-state index is -0.469. The highest BCUT2D eigenvalue weighted by Crippen LogP contribution is 2.28. The van der Waals surface area contributed by atoms with E-state index in [1.807, 2.05) is 36.4 Å². The number of thiophene rings is 1. The van der Waals surface area contributed by atoms with Gasteiger partial charge in [-0.1, -0.05) is 60.7 Å². The van der Waals surface area contributed by atoms with Crippen molar-refractivity contribution in [3.05, 3.63) is 98.9 Å². The van der Waals surface area contributed by atoms with E-state index in [0.29, 0.717) is 27.2 Å². The van der Waals surface area contributed by atoms with Gasteiger partial charge in [-0.2, -0.15) is 0 Å². The summed E-state index contributed by atoms with van der Waals surface area (Å²) in [5, 5.41) is 3.28. The zero-order valence-corrected chi connectivity index (χ0v) is 20.5. The average Bonchev–Trinajstić information content (AvgIpc) is 3.22. The second kappa shape index (κ2) is 11.1. The van der Waals surface area contributed by atoms with E-state index < -0.39 is 5.97 Å². The molecule has 4 aromatic rings. The van der Waals surface area contributed by atoms with Gasteiger partial charge in [0.05, 0.1) is 18.3 Å². The Hall–Kier alpha value is -3.78. The second-order valence-electron chi connectivity index (χ2n) is 8.15. The number of aryl methyl sites for hydroxylation is 1. The quantitative estimate of drug-likeness (QED) is 0.355. The lowest BCUT2D eigenvalue weighted by Gasteiger charge is -2.18. The van der Waals surface area contributed by atoms with Crippen molar-refractivity contribution in [2.24, 2.45) is 0 Å². The Morgan fingerprint density at radius 3 is 2.29 bits per heavy atom. The number of benzene rings is 2. The van der Waals surface area contributed by atoms with Gasteiger partial charge in [-0.25, -0.2) is 9.78 Å². The molecule has 2 aromatic heterocycles. The fourth-order valence-electron chi connectivity index (χ4n) is 4.13. The van der Waals surface area contributed by atoms with Crippen LogP contribution in [0.1, 0.15) is 45.6 Å². The predicted octanol–water partition coefficient (Wildman–Crippen LogP) is 4.28. The van der Waals surface area contributed by atoms with E-state index in [1.54, 1.807) is 13.8 Å². The summed E-state index contributed by atoms with van der Waals surface area (Å²) in [5.41, 5.74) is 2.55. The van der Waals surface area contributed by atoms with Crippen LogP contribution >= 0.6 is 11.3 Å². The lowest BCUT2D eigenvalue weighted by molar-refractivity contribution is -0.121. The first kappa shape index (κ1) is 24.3. The summed E-state index contributed by atoms with van der Waals surface area (Å²) in [4.78, 5) is 43.0. The van der Waals surface area contributed by atoms with Crippen molar-refractivity contribution in [1.82, 2.24) is 14.9 Å². The first-order chi connectivity index (χ1) is 17.0. The maximum absolute atomic E-state index is 13.0. The topological polar surface area (TPSA) is 90.3 Å². The number of nitrogens with zero attached hydrogens (tertiary/aromatic N) is 2. The van der Waals surface area contributed by atoms with Gasteiger partial charge in [0.25, 0.3) is 5.56 Å². The number of aromatic nitrogens is 2. The minimum absolute atomic E-state index is 0.146. The van der Waals surface area contributed by atoms with Crippen LogP contribution < -0.4 is 10.9 Å². The monoisotopic (exact) mass is 489 g/mol. The number of rotatable bonds is 9. The number of ether oxygens (including phenoxy) is 1. The van der Waals surface area contributed by atoms with E-state index in [1.165, 1.54) is 22.0 Å². The van der Waals surface area contributed by atoms with E-state index in [4.69, 9.17) is 4.74 Å². The largest absolute Gasteiger partial charge is 0.462 e. The molecule has 0 saturated carbocycles. The highest BCUT2D eigenvalue weighted by molar-refractivity contribution is 7.20. The standard InChI is InChI=1S/C27H27N3O4S/c1-3-34-27(33)24-18(2)23-25(35-24)29-17-30(26(23)32)16-22(31)28-15-14-21(19-10-6-4-7-11-19)20-12-8-5-9-13-20/h4-13,17,21H,3,14-16H2,1-2H3,(H,28,31). The van der Waals surface area contributed by atoms with Crippen molar-refractivity contribution in [3.63, 3.8) is 0 Å². The molecule has 8 heteroatoms. The summed E-state index contributed by atoms with van der Waals surface area (Å²) in [6, 6.07) is 20.4. The number of hydrogen-bond donors (Lipinski definition) is 1. The number of fused-ring (bicyclic) bond motifs is 1. The fraction of sp³-hybridized carbons (Fsp3) is 0.259. The summed E-state index contributed by atoms with van der Waals surface area (Å²) in [5.74, 6) is -0.595. The first-order valence-corrected chi connectivity index (χ1v) is 12.3. The number of esters is 1. The zero-order chi connectivity index (χ0) is 24.8. The number of carbonyl (C=O) groups is 2. The summed E-state index contributed by atoms with van der Waals surface area (Å²) in [6.07, 6.45) is 2.07. The van der Waals surface area contributed by atoms with Gasteiger partial charge >= 0.3 is 5.97 Å². The Labute approximate surface area is 207 Å². The molecule has 0 aliphatic rings. The molecule has 0 aliphatic carbocycles. The van der Waals surface area contributed by atoms with Crippen molar-refractivity contribution in [2.75, 3.05) is 13.2 Å². The molecule has 35 heavy (non-hydrogen) atoms.